The number of ketones is 1. The number of hydrogen-bond acceptors (Lipinski definition) is 5. The molecule has 1 aliphatic heterocycles. The van der Waals surface area contributed by atoms with Crippen molar-refractivity contribution in [2.45, 2.75) is 32.0 Å². The minimum atomic E-state index is -1.20. The third kappa shape index (κ3) is 3.21. The number of esters is 1. The number of carbonyl (C=O) groups excluding carboxylic acids is 3. The highest BCUT2D eigenvalue weighted by atomic mass is 16.6. The van der Waals surface area contributed by atoms with Crippen LogP contribution in [0, 0.1) is 0 Å². The van der Waals surface area contributed by atoms with Crippen molar-refractivity contribution < 1.29 is 23.9 Å². The summed E-state index contributed by atoms with van der Waals surface area (Å²) >= 11 is 0. The molecule has 1 fully saturated rings. The second-order valence-corrected chi connectivity index (χ2v) is 4.89. The fourth-order valence-corrected chi connectivity index (χ4v) is 2.35. The van der Waals surface area contributed by atoms with E-state index in [2.05, 4.69) is 4.74 Å². The molecular weight excluding hydrogens is 274 g/mol. The molecule has 0 radical (unpaired) electrons. The first-order valence-corrected chi connectivity index (χ1v) is 6.64. The van der Waals surface area contributed by atoms with Gasteiger partial charge in [0.05, 0.1) is 7.11 Å². The van der Waals surface area contributed by atoms with Crippen molar-refractivity contribution in [3.8, 4) is 0 Å². The van der Waals surface area contributed by atoms with Gasteiger partial charge in [0.1, 0.15) is 6.61 Å². The number of amides is 1. The molecule has 112 valence electrons. The number of methoxy groups -OCH3 is 1. The van der Waals surface area contributed by atoms with Crippen LogP contribution >= 0.6 is 0 Å². The second-order valence-electron chi connectivity index (χ2n) is 4.89. The van der Waals surface area contributed by atoms with E-state index in [1.165, 1.54) is 7.11 Å². The van der Waals surface area contributed by atoms with Crippen LogP contribution in [0.2, 0.25) is 0 Å². The van der Waals surface area contributed by atoms with Gasteiger partial charge in [-0.05, 0) is 12.5 Å². The molecule has 21 heavy (non-hydrogen) atoms. The molecule has 0 aromatic heterocycles. The third-order valence-corrected chi connectivity index (χ3v) is 3.40. The Kier molecular flexibility index (Phi) is 4.57. The predicted molar refractivity (Wildman–Crippen MR) is 73.4 cm³/mol. The van der Waals surface area contributed by atoms with Crippen molar-refractivity contribution in [2.24, 2.45) is 0 Å². The Labute approximate surface area is 122 Å². The SMILES string of the molecule is COC(=O)C1C(=O)C[C@@H](C)N1C(=O)OCc1ccccc1. The van der Waals surface area contributed by atoms with E-state index in [4.69, 9.17) is 4.74 Å². The van der Waals surface area contributed by atoms with Crippen LogP contribution in [0.4, 0.5) is 4.79 Å². The largest absolute Gasteiger partial charge is 0.467 e. The number of nitrogens with zero attached hydrogens (tertiary/aromatic N) is 1. The van der Waals surface area contributed by atoms with Crippen molar-refractivity contribution >= 4 is 17.8 Å². The first-order chi connectivity index (χ1) is 10.0. The van der Waals surface area contributed by atoms with Crippen LogP contribution in [0.25, 0.3) is 0 Å². The van der Waals surface area contributed by atoms with Gasteiger partial charge < -0.3 is 9.47 Å². The molecule has 6 nitrogen and oxygen atoms in total. The summed E-state index contributed by atoms with van der Waals surface area (Å²) in [6, 6.07) is 7.59. The van der Waals surface area contributed by atoms with E-state index in [0.29, 0.717) is 0 Å². The van der Waals surface area contributed by atoms with Crippen molar-refractivity contribution in [1.29, 1.82) is 0 Å². The average molecular weight is 291 g/mol. The summed E-state index contributed by atoms with van der Waals surface area (Å²) in [7, 11) is 1.19. The van der Waals surface area contributed by atoms with Gasteiger partial charge in [0.15, 0.2) is 11.8 Å². The molecule has 1 aliphatic rings. The highest BCUT2D eigenvalue weighted by Crippen LogP contribution is 2.23. The molecule has 1 aromatic rings. The molecule has 0 bridgehead atoms. The Morgan fingerprint density at radius 3 is 2.57 bits per heavy atom. The van der Waals surface area contributed by atoms with E-state index in [9.17, 15) is 14.4 Å². The summed E-state index contributed by atoms with van der Waals surface area (Å²) in [6.45, 7) is 1.79. The first-order valence-electron chi connectivity index (χ1n) is 6.64. The van der Waals surface area contributed by atoms with Crippen molar-refractivity contribution in [2.75, 3.05) is 7.11 Å². The van der Waals surface area contributed by atoms with Gasteiger partial charge in [-0.1, -0.05) is 30.3 Å². The topological polar surface area (TPSA) is 72.9 Å². The van der Waals surface area contributed by atoms with Crippen molar-refractivity contribution in [3.63, 3.8) is 0 Å². The molecule has 0 saturated carbocycles. The number of hydrogen-bond donors (Lipinski definition) is 0. The van der Waals surface area contributed by atoms with Gasteiger partial charge in [-0.15, -0.1) is 0 Å². The number of likely N-dealkylation sites (tertiary alicyclic amines) is 1. The molecule has 0 aliphatic carbocycles. The third-order valence-electron chi connectivity index (χ3n) is 3.40. The number of rotatable bonds is 3. The summed E-state index contributed by atoms with van der Waals surface area (Å²) < 4.78 is 9.77. The monoisotopic (exact) mass is 291 g/mol. The van der Waals surface area contributed by atoms with Crippen LogP contribution in [0.3, 0.4) is 0 Å². The molecule has 1 saturated heterocycles. The summed E-state index contributed by atoms with van der Waals surface area (Å²) in [6.07, 6.45) is -0.562. The maximum Gasteiger partial charge on any atom is 0.411 e. The van der Waals surface area contributed by atoms with Crippen LogP contribution in [-0.2, 0) is 25.7 Å². The van der Waals surface area contributed by atoms with E-state index in [-0.39, 0.29) is 24.9 Å². The predicted octanol–water partition coefficient (Wildman–Crippen LogP) is 1.53. The van der Waals surface area contributed by atoms with Gasteiger partial charge in [0.25, 0.3) is 0 Å². The van der Waals surface area contributed by atoms with Gasteiger partial charge in [0, 0.05) is 12.5 Å². The molecule has 2 rings (SSSR count). The Balaban J connectivity index is 2.05. The Morgan fingerprint density at radius 2 is 1.95 bits per heavy atom. The fourth-order valence-electron chi connectivity index (χ4n) is 2.35. The molecule has 1 heterocycles. The molecule has 0 N–H and O–H groups in total. The van der Waals surface area contributed by atoms with Crippen LogP contribution in [0.1, 0.15) is 18.9 Å². The minimum absolute atomic E-state index is 0.0883. The lowest BCUT2D eigenvalue weighted by molar-refractivity contribution is -0.148. The van der Waals surface area contributed by atoms with Crippen LogP contribution < -0.4 is 0 Å². The van der Waals surface area contributed by atoms with Crippen LogP contribution in [0.15, 0.2) is 30.3 Å². The van der Waals surface area contributed by atoms with E-state index < -0.39 is 18.1 Å². The highest BCUT2D eigenvalue weighted by Gasteiger charge is 2.46. The van der Waals surface area contributed by atoms with E-state index >= 15 is 0 Å². The quantitative estimate of drug-likeness (QED) is 0.623. The van der Waals surface area contributed by atoms with Gasteiger partial charge in [-0.2, -0.15) is 0 Å². The van der Waals surface area contributed by atoms with Gasteiger partial charge in [-0.25, -0.2) is 9.59 Å². The Morgan fingerprint density at radius 1 is 1.29 bits per heavy atom. The van der Waals surface area contributed by atoms with Crippen LogP contribution in [0.5, 0.6) is 0 Å². The fraction of sp³-hybridized carbons (Fsp3) is 0.400. The van der Waals surface area contributed by atoms with Gasteiger partial charge >= 0.3 is 12.1 Å². The minimum Gasteiger partial charge on any atom is -0.467 e. The zero-order valence-corrected chi connectivity index (χ0v) is 11.9. The lowest BCUT2D eigenvalue weighted by Crippen LogP contribution is -2.46. The van der Waals surface area contributed by atoms with E-state index in [1.807, 2.05) is 30.3 Å². The standard InChI is InChI=1S/C15H17NO5/c1-10-8-12(17)13(14(18)20-2)16(10)15(19)21-9-11-6-4-3-5-7-11/h3-7,10,13H,8-9H2,1-2H3/t10-,13?/m1/s1. The van der Waals surface area contributed by atoms with Crippen molar-refractivity contribution in [3.05, 3.63) is 35.9 Å². The maximum absolute atomic E-state index is 12.1. The number of benzene rings is 1. The number of carbonyl (C=O) groups is 3. The lowest BCUT2D eigenvalue weighted by atomic mass is 10.2. The van der Waals surface area contributed by atoms with E-state index in [0.717, 1.165) is 10.5 Å². The summed E-state index contributed by atoms with van der Waals surface area (Å²) in [5.41, 5.74) is 0.832. The normalized spacial score (nSPS) is 21.2. The van der Waals surface area contributed by atoms with E-state index in [1.54, 1.807) is 6.92 Å². The molecule has 1 amide bonds. The number of Topliss-reactive ketones (excluding diaryl/α,β-unsaturated/α-hetero) is 1. The van der Waals surface area contributed by atoms with Gasteiger partial charge in [0.2, 0.25) is 0 Å². The zero-order chi connectivity index (χ0) is 15.4. The molecule has 0 spiro atoms. The summed E-state index contributed by atoms with van der Waals surface area (Å²) in [5.74, 6) is -1.06. The molecule has 1 unspecified atom stereocenters. The first kappa shape index (κ1) is 15.0. The summed E-state index contributed by atoms with van der Waals surface area (Å²) in [5, 5.41) is 0. The Hall–Kier alpha value is -2.37. The smallest absolute Gasteiger partial charge is 0.411 e. The average Bonchev–Trinajstić information content (AvgIpc) is 2.79. The van der Waals surface area contributed by atoms with Crippen molar-refractivity contribution in [1.82, 2.24) is 4.90 Å². The molecular formula is C15H17NO5. The zero-order valence-electron chi connectivity index (χ0n) is 11.9. The molecule has 2 atom stereocenters. The number of ether oxygens (including phenoxy) is 2. The second kappa shape index (κ2) is 6.39. The van der Waals surface area contributed by atoms with Crippen LogP contribution in [-0.4, -0.2) is 41.9 Å². The highest BCUT2D eigenvalue weighted by molar-refractivity contribution is 6.07. The molecule has 6 heteroatoms. The van der Waals surface area contributed by atoms with Gasteiger partial charge in [-0.3, -0.25) is 9.69 Å². The Bertz CT molecular complexity index is 534. The lowest BCUT2D eigenvalue weighted by Gasteiger charge is -2.24. The molecule has 1 aromatic carbocycles. The maximum atomic E-state index is 12.1. The summed E-state index contributed by atoms with van der Waals surface area (Å²) in [4.78, 5) is 36.8.